The normalized spacial score (nSPS) is 13.2. The number of imidazole rings is 1. The van der Waals surface area contributed by atoms with Crippen LogP contribution in [-0.4, -0.2) is 32.7 Å². The van der Waals surface area contributed by atoms with Gasteiger partial charge in [0.25, 0.3) is 11.0 Å². The molecular formula is C25H19Cl2N5O4. The average molecular weight is 524 g/mol. The van der Waals surface area contributed by atoms with Crippen molar-refractivity contribution in [3.8, 4) is 40.4 Å². The Balaban J connectivity index is 1.70. The zero-order chi connectivity index (χ0) is 25.9. The van der Waals surface area contributed by atoms with Crippen molar-refractivity contribution in [1.29, 1.82) is 5.26 Å². The van der Waals surface area contributed by atoms with Crippen LogP contribution in [0.1, 0.15) is 35.4 Å². The van der Waals surface area contributed by atoms with Gasteiger partial charge in [-0.1, -0.05) is 47.2 Å². The molecule has 0 saturated heterocycles. The van der Waals surface area contributed by atoms with Crippen LogP contribution in [0.3, 0.4) is 0 Å². The molecule has 36 heavy (non-hydrogen) atoms. The predicted octanol–water partition coefficient (Wildman–Crippen LogP) is 4.80. The van der Waals surface area contributed by atoms with Gasteiger partial charge in [-0.2, -0.15) is 5.26 Å². The summed E-state index contributed by atoms with van der Waals surface area (Å²) in [5.74, 6) is 5.44. The standard InChI is InChI=1S/C25H19Cl2N5O4/c1-31-22(17-7-5-16(6-8-17)4-2-3-13-36-32(34)35)21(19-10-9-18(26)14-20(19)27)29-23(31)24(33)30-25(15-28)11-12-25/h5-10,14H,3,11-13H2,1H3,(H,30,33). The molecule has 9 nitrogen and oxygen atoms in total. The molecule has 1 heterocycles. The van der Waals surface area contributed by atoms with E-state index in [1.165, 1.54) is 0 Å². The van der Waals surface area contributed by atoms with E-state index in [1.54, 1.807) is 41.9 Å². The number of carbonyl (C=O) groups is 1. The lowest BCUT2D eigenvalue weighted by atomic mass is 10.0. The molecule has 0 bridgehead atoms. The Morgan fingerprint density at radius 3 is 2.61 bits per heavy atom. The monoisotopic (exact) mass is 523 g/mol. The van der Waals surface area contributed by atoms with E-state index in [9.17, 15) is 20.2 Å². The molecule has 3 aromatic rings. The molecule has 2 aromatic carbocycles. The Morgan fingerprint density at radius 1 is 1.28 bits per heavy atom. The molecular weight excluding hydrogens is 505 g/mol. The van der Waals surface area contributed by atoms with Crippen LogP contribution in [0.25, 0.3) is 22.5 Å². The maximum absolute atomic E-state index is 13.0. The van der Waals surface area contributed by atoms with Crippen LogP contribution in [0.4, 0.5) is 0 Å². The number of nitriles is 1. The smallest absolute Gasteiger partial charge is 0.294 e. The van der Waals surface area contributed by atoms with Crippen LogP contribution in [0.2, 0.25) is 10.0 Å². The number of amides is 1. The molecule has 0 unspecified atom stereocenters. The summed E-state index contributed by atoms with van der Waals surface area (Å²) in [6.45, 7) is -0.101. The van der Waals surface area contributed by atoms with Gasteiger partial charge in [-0.15, -0.1) is 10.1 Å². The van der Waals surface area contributed by atoms with Gasteiger partial charge in [0.05, 0.1) is 22.5 Å². The highest BCUT2D eigenvalue weighted by atomic mass is 35.5. The Labute approximate surface area is 216 Å². The van der Waals surface area contributed by atoms with Gasteiger partial charge in [0.15, 0.2) is 5.82 Å². The maximum atomic E-state index is 13.0. The molecule has 0 atom stereocenters. The van der Waals surface area contributed by atoms with Crippen molar-refractivity contribution in [2.75, 3.05) is 6.61 Å². The van der Waals surface area contributed by atoms with E-state index in [2.05, 4.69) is 33.0 Å². The van der Waals surface area contributed by atoms with Gasteiger partial charge in [-0.25, -0.2) is 4.98 Å². The minimum absolute atomic E-state index is 0.101. The Bertz CT molecular complexity index is 1440. The molecule has 11 heteroatoms. The number of rotatable bonds is 7. The largest absolute Gasteiger partial charge is 0.331 e. The van der Waals surface area contributed by atoms with Crippen molar-refractivity contribution in [1.82, 2.24) is 14.9 Å². The number of aromatic nitrogens is 2. The van der Waals surface area contributed by atoms with Gasteiger partial charge >= 0.3 is 0 Å². The fourth-order valence-electron chi connectivity index (χ4n) is 3.61. The van der Waals surface area contributed by atoms with Crippen LogP contribution >= 0.6 is 23.2 Å². The highest BCUT2D eigenvalue weighted by Crippen LogP contribution is 2.38. The van der Waals surface area contributed by atoms with E-state index >= 15 is 0 Å². The number of carbonyl (C=O) groups excluding carboxylic acids is 1. The first-order valence-corrected chi connectivity index (χ1v) is 11.6. The van der Waals surface area contributed by atoms with E-state index in [1.807, 2.05) is 12.1 Å². The summed E-state index contributed by atoms with van der Waals surface area (Å²) in [7, 11) is 1.72. The number of hydrogen-bond acceptors (Lipinski definition) is 6. The van der Waals surface area contributed by atoms with Crippen molar-refractivity contribution in [2.24, 2.45) is 7.05 Å². The lowest BCUT2D eigenvalue weighted by Crippen LogP contribution is -2.37. The summed E-state index contributed by atoms with van der Waals surface area (Å²) < 4.78 is 1.67. The first kappa shape index (κ1) is 25.1. The summed E-state index contributed by atoms with van der Waals surface area (Å²) in [6.07, 6.45) is 1.42. The molecule has 1 saturated carbocycles. The first-order valence-electron chi connectivity index (χ1n) is 10.9. The fourth-order valence-corrected chi connectivity index (χ4v) is 4.11. The Kier molecular flexibility index (Phi) is 7.16. The van der Waals surface area contributed by atoms with Gasteiger partial charge in [-0.3, -0.25) is 4.79 Å². The fraction of sp³-hybridized carbons (Fsp3) is 0.240. The molecule has 1 amide bonds. The van der Waals surface area contributed by atoms with Gasteiger partial charge in [0.1, 0.15) is 12.1 Å². The van der Waals surface area contributed by atoms with Crippen molar-refractivity contribution < 1.29 is 14.7 Å². The van der Waals surface area contributed by atoms with E-state index < -0.39 is 16.5 Å². The molecule has 0 aliphatic heterocycles. The molecule has 1 N–H and O–H groups in total. The molecule has 1 aromatic heterocycles. The predicted molar refractivity (Wildman–Crippen MR) is 134 cm³/mol. The highest BCUT2D eigenvalue weighted by Gasteiger charge is 2.45. The Morgan fingerprint density at radius 2 is 2.00 bits per heavy atom. The topological polar surface area (TPSA) is 123 Å². The lowest BCUT2D eigenvalue weighted by molar-refractivity contribution is -0.757. The third-order valence-electron chi connectivity index (χ3n) is 5.62. The highest BCUT2D eigenvalue weighted by molar-refractivity contribution is 6.36. The molecule has 182 valence electrons. The third-order valence-corrected chi connectivity index (χ3v) is 6.16. The van der Waals surface area contributed by atoms with Crippen molar-refractivity contribution in [3.63, 3.8) is 0 Å². The lowest BCUT2D eigenvalue weighted by Gasteiger charge is -2.10. The number of halogens is 2. The number of hydrogen-bond donors (Lipinski definition) is 1. The SMILES string of the molecule is Cn1c(C(=O)NC2(C#N)CC2)nc(-c2ccc(Cl)cc2Cl)c1-c1ccc(C#CCCO[N+](=O)[O-])cc1. The molecule has 1 fully saturated rings. The minimum Gasteiger partial charge on any atom is -0.331 e. The third kappa shape index (κ3) is 5.44. The van der Waals surface area contributed by atoms with E-state index in [-0.39, 0.29) is 18.9 Å². The summed E-state index contributed by atoms with van der Waals surface area (Å²) >= 11 is 12.6. The number of nitrogens with one attached hydrogen (secondary N) is 1. The summed E-state index contributed by atoms with van der Waals surface area (Å²) in [5, 5.41) is 22.4. The van der Waals surface area contributed by atoms with E-state index in [4.69, 9.17) is 23.2 Å². The van der Waals surface area contributed by atoms with Crippen LogP contribution in [-0.2, 0) is 11.9 Å². The van der Waals surface area contributed by atoms with Gasteiger partial charge in [0.2, 0.25) is 0 Å². The molecule has 1 aliphatic rings. The van der Waals surface area contributed by atoms with Gasteiger partial charge in [-0.05, 0) is 43.2 Å². The van der Waals surface area contributed by atoms with Crippen molar-refractivity contribution >= 4 is 29.1 Å². The number of benzene rings is 2. The minimum atomic E-state index is -0.853. The van der Waals surface area contributed by atoms with Crippen molar-refractivity contribution in [3.05, 3.63) is 74.0 Å². The summed E-state index contributed by atoms with van der Waals surface area (Å²) in [5.41, 5.74) is 2.35. The second-order valence-corrected chi connectivity index (χ2v) is 8.99. The van der Waals surface area contributed by atoms with Gasteiger partial charge in [0, 0.05) is 35.2 Å². The number of nitrogens with zero attached hydrogens (tertiary/aromatic N) is 4. The molecule has 4 rings (SSSR count). The van der Waals surface area contributed by atoms with Crippen LogP contribution in [0.5, 0.6) is 0 Å². The zero-order valence-electron chi connectivity index (χ0n) is 19.0. The van der Waals surface area contributed by atoms with E-state index in [0.717, 1.165) is 5.56 Å². The molecule has 1 aliphatic carbocycles. The van der Waals surface area contributed by atoms with E-state index in [0.29, 0.717) is 45.4 Å². The van der Waals surface area contributed by atoms with Gasteiger partial charge < -0.3 is 14.7 Å². The maximum Gasteiger partial charge on any atom is 0.294 e. The van der Waals surface area contributed by atoms with Crippen molar-refractivity contribution in [2.45, 2.75) is 24.8 Å². The second kappa shape index (κ2) is 10.3. The quantitative estimate of drug-likeness (QED) is 0.205. The zero-order valence-corrected chi connectivity index (χ0v) is 20.6. The van der Waals surface area contributed by atoms with Crippen LogP contribution in [0, 0.1) is 33.3 Å². The second-order valence-electron chi connectivity index (χ2n) is 8.15. The molecule has 0 spiro atoms. The Hall–Kier alpha value is -4.05. The van der Waals surface area contributed by atoms with Crippen LogP contribution < -0.4 is 5.32 Å². The average Bonchev–Trinajstić information content (AvgIpc) is 3.53. The summed E-state index contributed by atoms with van der Waals surface area (Å²) in [4.78, 5) is 32.1. The first-order chi connectivity index (χ1) is 17.2. The molecule has 0 radical (unpaired) electrons. The summed E-state index contributed by atoms with van der Waals surface area (Å²) in [6, 6.07) is 14.4. The van der Waals surface area contributed by atoms with Crippen LogP contribution in [0.15, 0.2) is 42.5 Å².